The van der Waals surface area contributed by atoms with Gasteiger partial charge in [-0.15, -0.1) is 0 Å². The zero-order valence-corrected chi connectivity index (χ0v) is 11.4. The van der Waals surface area contributed by atoms with E-state index in [9.17, 15) is 4.21 Å². The lowest BCUT2D eigenvalue weighted by atomic mass is 10.1. The number of aromatic nitrogens is 1. The van der Waals surface area contributed by atoms with Gasteiger partial charge in [0.05, 0.1) is 0 Å². The summed E-state index contributed by atoms with van der Waals surface area (Å²) in [6.45, 7) is 3.55. The van der Waals surface area contributed by atoms with Crippen LogP contribution in [0.4, 0.5) is 0 Å². The molecule has 2 rings (SSSR count). The van der Waals surface area contributed by atoms with Gasteiger partial charge >= 0.3 is 0 Å². The number of hydrogen-bond acceptors (Lipinski definition) is 3. The Morgan fingerprint density at radius 3 is 3.06 bits per heavy atom. The summed E-state index contributed by atoms with van der Waals surface area (Å²) in [7, 11) is -0.684. The molecule has 1 unspecified atom stereocenters. The van der Waals surface area contributed by atoms with E-state index in [1.807, 2.05) is 31.5 Å². The van der Waals surface area contributed by atoms with Crippen LogP contribution in [0, 0.1) is 0 Å². The van der Waals surface area contributed by atoms with Crippen LogP contribution in [0.15, 0.2) is 36.7 Å². The van der Waals surface area contributed by atoms with Gasteiger partial charge in [0.2, 0.25) is 0 Å². The van der Waals surface area contributed by atoms with Crippen LogP contribution in [0.3, 0.4) is 0 Å². The average molecular weight is 262 g/mol. The van der Waals surface area contributed by atoms with Crippen LogP contribution in [-0.2, 0) is 17.3 Å². The molecule has 0 aliphatic heterocycles. The van der Waals surface area contributed by atoms with Crippen molar-refractivity contribution >= 4 is 21.6 Å². The Bertz CT molecular complexity index is 537. The molecule has 0 fully saturated rings. The zero-order valence-electron chi connectivity index (χ0n) is 10.6. The second-order valence-corrected chi connectivity index (χ2v) is 5.99. The maximum atomic E-state index is 11.3. The Morgan fingerprint density at radius 2 is 2.22 bits per heavy atom. The number of pyridine rings is 1. The van der Waals surface area contributed by atoms with Crippen molar-refractivity contribution in [1.29, 1.82) is 0 Å². The highest BCUT2D eigenvalue weighted by Gasteiger charge is 2.00. The fraction of sp³-hybridized carbons (Fsp3) is 0.357. The van der Waals surface area contributed by atoms with Crippen molar-refractivity contribution < 1.29 is 4.21 Å². The van der Waals surface area contributed by atoms with Gasteiger partial charge in [0.25, 0.3) is 0 Å². The van der Waals surface area contributed by atoms with Crippen molar-refractivity contribution in [3.8, 4) is 0 Å². The van der Waals surface area contributed by atoms with E-state index in [0.29, 0.717) is 0 Å². The fourth-order valence-corrected chi connectivity index (χ4v) is 2.56. The predicted molar refractivity (Wildman–Crippen MR) is 77.0 cm³/mol. The van der Waals surface area contributed by atoms with E-state index in [1.54, 1.807) is 0 Å². The Balaban J connectivity index is 1.97. The molecule has 2 aromatic rings. The molecule has 0 saturated heterocycles. The van der Waals surface area contributed by atoms with Gasteiger partial charge in [0.1, 0.15) is 0 Å². The van der Waals surface area contributed by atoms with E-state index < -0.39 is 10.8 Å². The molecule has 0 aliphatic rings. The van der Waals surface area contributed by atoms with Gasteiger partial charge in [-0.1, -0.05) is 25.1 Å². The average Bonchev–Trinajstić information content (AvgIpc) is 2.43. The number of nitrogens with zero attached hydrogens (tertiary/aromatic N) is 1. The first-order chi connectivity index (χ1) is 8.81. The largest absolute Gasteiger partial charge is 0.312 e. The molecule has 3 nitrogen and oxygen atoms in total. The third kappa shape index (κ3) is 3.37. The molecule has 1 N–H and O–H groups in total. The Hall–Kier alpha value is -1.26. The van der Waals surface area contributed by atoms with E-state index in [1.165, 1.54) is 10.9 Å². The van der Waals surface area contributed by atoms with Gasteiger partial charge in [0.15, 0.2) is 0 Å². The SMILES string of the molecule is CCS(=O)CCNCc1cccc2cnccc12. The number of hydrogen-bond donors (Lipinski definition) is 1. The fourth-order valence-electron chi connectivity index (χ4n) is 1.90. The van der Waals surface area contributed by atoms with Crippen LogP contribution in [-0.4, -0.2) is 27.2 Å². The summed E-state index contributed by atoms with van der Waals surface area (Å²) in [6, 6.07) is 8.27. The molecule has 96 valence electrons. The molecule has 0 aliphatic carbocycles. The Labute approximate surface area is 110 Å². The van der Waals surface area contributed by atoms with Crippen molar-refractivity contribution in [2.75, 3.05) is 18.1 Å². The minimum Gasteiger partial charge on any atom is -0.312 e. The zero-order chi connectivity index (χ0) is 12.8. The maximum Gasteiger partial charge on any atom is 0.0360 e. The van der Waals surface area contributed by atoms with E-state index in [4.69, 9.17) is 0 Å². The van der Waals surface area contributed by atoms with E-state index >= 15 is 0 Å². The smallest absolute Gasteiger partial charge is 0.0360 e. The van der Waals surface area contributed by atoms with Gasteiger partial charge in [-0.25, -0.2) is 0 Å². The molecule has 1 heterocycles. The minimum atomic E-state index is -0.684. The number of fused-ring (bicyclic) bond motifs is 1. The van der Waals surface area contributed by atoms with Gasteiger partial charge in [-0.3, -0.25) is 9.19 Å². The van der Waals surface area contributed by atoms with E-state index in [2.05, 4.69) is 22.4 Å². The number of nitrogens with one attached hydrogen (secondary N) is 1. The standard InChI is InChI=1S/C14H18N2OS/c1-2-18(17)9-8-16-11-13-5-3-4-12-10-15-7-6-14(12)13/h3-7,10,16H,2,8-9,11H2,1H3. The summed E-state index contributed by atoms with van der Waals surface area (Å²) < 4.78 is 11.3. The van der Waals surface area contributed by atoms with Crippen molar-refractivity contribution in [2.45, 2.75) is 13.5 Å². The highest BCUT2D eigenvalue weighted by atomic mass is 32.2. The maximum absolute atomic E-state index is 11.3. The predicted octanol–water partition coefficient (Wildman–Crippen LogP) is 2.09. The molecular weight excluding hydrogens is 244 g/mol. The van der Waals surface area contributed by atoms with Crippen LogP contribution in [0.25, 0.3) is 10.8 Å². The number of benzene rings is 1. The van der Waals surface area contributed by atoms with Crippen molar-refractivity contribution in [3.05, 3.63) is 42.2 Å². The van der Waals surface area contributed by atoms with Crippen molar-refractivity contribution in [3.63, 3.8) is 0 Å². The summed E-state index contributed by atoms with van der Waals surface area (Å²) in [5.41, 5.74) is 1.26. The van der Waals surface area contributed by atoms with Gasteiger partial charge in [-0.2, -0.15) is 0 Å². The summed E-state index contributed by atoms with van der Waals surface area (Å²) >= 11 is 0. The highest BCUT2D eigenvalue weighted by Crippen LogP contribution is 2.16. The summed E-state index contributed by atoms with van der Waals surface area (Å²) in [5, 5.41) is 5.74. The van der Waals surface area contributed by atoms with Crippen molar-refractivity contribution in [2.24, 2.45) is 0 Å². The molecule has 1 aromatic heterocycles. The molecule has 4 heteroatoms. The van der Waals surface area contributed by atoms with Gasteiger partial charge in [-0.05, 0) is 17.0 Å². The first-order valence-corrected chi connectivity index (χ1v) is 7.67. The second kappa shape index (κ2) is 6.61. The second-order valence-electron chi connectivity index (χ2n) is 4.12. The van der Waals surface area contributed by atoms with Crippen molar-refractivity contribution in [1.82, 2.24) is 10.3 Å². The lowest BCUT2D eigenvalue weighted by Gasteiger charge is -2.07. The lowest BCUT2D eigenvalue weighted by molar-refractivity contribution is 0.674. The summed E-state index contributed by atoms with van der Waals surface area (Å²) in [6.07, 6.45) is 3.70. The molecule has 0 bridgehead atoms. The number of rotatable bonds is 6. The normalized spacial score (nSPS) is 12.7. The first kappa shape index (κ1) is 13.2. The van der Waals surface area contributed by atoms with Gasteiger partial charge < -0.3 is 5.32 Å². The van der Waals surface area contributed by atoms with E-state index in [0.717, 1.165) is 30.0 Å². The molecule has 1 aromatic carbocycles. The summed E-state index contributed by atoms with van der Waals surface area (Å²) in [4.78, 5) is 4.12. The Morgan fingerprint density at radius 1 is 1.33 bits per heavy atom. The van der Waals surface area contributed by atoms with Crippen LogP contribution in [0.5, 0.6) is 0 Å². The Kier molecular flexibility index (Phi) is 4.84. The molecule has 0 amide bonds. The molecule has 18 heavy (non-hydrogen) atoms. The van der Waals surface area contributed by atoms with Crippen LogP contribution in [0.1, 0.15) is 12.5 Å². The quantitative estimate of drug-likeness (QED) is 0.811. The highest BCUT2D eigenvalue weighted by molar-refractivity contribution is 7.84. The van der Waals surface area contributed by atoms with E-state index in [-0.39, 0.29) is 0 Å². The minimum absolute atomic E-state index is 0.684. The topological polar surface area (TPSA) is 42.0 Å². The van der Waals surface area contributed by atoms with Crippen LogP contribution in [0.2, 0.25) is 0 Å². The molecule has 0 spiro atoms. The van der Waals surface area contributed by atoms with Crippen LogP contribution >= 0.6 is 0 Å². The lowest BCUT2D eigenvalue weighted by Crippen LogP contribution is -2.20. The monoisotopic (exact) mass is 262 g/mol. The molecule has 0 saturated carbocycles. The van der Waals surface area contributed by atoms with Crippen LogP contribution < -0.4 is 5.32 Å². The molecule has 0 radical (unpaired) electrons. The first-order valence-electron chi connectivity index (χ1n) is 6.18. The third-order valence-electron chi connectivity index (χ3n) is 2.91. The molecule has 1 atom stereocenters. The third-order valence-corrected chi connectivity index (χ3v) is 4.22. The van der Waals surface area contributed by atoms with Gasteiger partial charge in [0, 0.05) is 53.2 Å². The molecular formula is C14H18N2OS. The summed E-state index contributed by atoms with van der Waals surface area (Å²) in [5.74, 6) is 1.46.